The zero-order valence-corrected chi connectivity index (χ0v) is 58.4. The van der Waals surface area contributed by atoms with E-state index < -0.39 is 23.5 Å². The molecule has 8 heterocycles. The van der Waals surface area contributed by atoms with Crippen LogP contribution in [0.2, 0.25) is 40.2 Å². The van der Waals surface area contributed by atoms with Gasteiger partial charge in [-0.2, -0.15) is 20.4 Å². The van der Waals surface area contributed by atoms with Crippen molar-refractivity contribution < 1.29 is 38.6 Å². The number of aliphatic carboxylic acids is 1. The van der Waals surface area contributed by atoms with Crippen LogP contribution in [0.4, 0.5) is 0 Å². The number of rotatable bonds is 10. The topological polar surface area (TPSA) is 319 Å². The summed E-state index contributed by atoms with van der Waals surface area (Å²) in [6, 6.07) is 21.0. The van der Waals surface area contributed by atoms with Gasteiger partial charge in [0, 0.05) is 21.1 Å². The van der Waals surface area contributed by atoms with Gasteiger partial charge in [0.1, 0.15) is 0 Å². The van der Waals surface area contributed by atoms with Crippen LogP contribution in [0.3, 0.4) is 0 Å². The van der Waals surface area contributed by atoms with E-state index in [-0.39, 0.29) is 34.6 Å². The first-order chi connectivity index (χ1) is 45.4. The van der Waals surface area contributed by atoms with Crippen molar-refractivity contribution in [3.63, 3.8) is 0 Å². The summed E-state index contributed by atoms with van der Waals surface area (Å²) in [4.78, 5) is 71.6. The number of hydrogen-bond acceptors (Lipinski definition) is 19. The number of halogens is 8. The lowest BCUT2D eigenvalue weighted by molar-refractivity contribution is -0.135. The summed E-state index contributed by atoms with van der Waals surface area (Å²) >= 11 is 48.2. The van der Waals surface area contributed by atoms with Gasteiger partial charge < -0.3 is 20.1 Å². The molecule has 26 nitrogen and oxygen atoms in total. The van der Waals surface area contributed by atoms with Crippen molar-refractivity contribution in [2.45, 2.75) is 55.4 Å². The molecule has 12 rings (SSSR count). The Hall–Kier alpha value is -9.38. The SMILES string of the molecule is CNC(=O)c1nnc2c(-c3ccc(Cl)c(Cl)c3)c(C)nn2c1C.COC(=O)C(=O)c1nnc2c(-c3ccc(Cl)c(Cl)c3)c(C)nn2c1C.Cc1nn2c(C)c(C(=O)C(=O)O)nnc2c1-c1ccc(Cl)c(Cl)c1.Cc1nn2c(C)c(C(=O)N(C)C)nnc2c1-c1ccc(Cl)c(Cl)c1. The third-order valence-corrected chi connectivity index (χ3v) is 17.6. The number of methoxy groups -OCH3 is 1. The average Bonchev–Trinajstić information content (AvgIpc) is 1.62. The van der Waals surface area contributed by atoms with Crippen LogP contribution < -0.4 is 5.32 Å². The van der Waals surface area contributed by atoms with Gasteiger partial charge in [0.2, 0.25) is 0 Å². The zero-order chi connectivity index (χ0) is 70.2. The molecule has 0 saturated heterocycles. The van der Waals surface area contributed by atoms with Crippen LogP contribution in [0.1, 0.15) is 87.5 Å². The molecule has 0 unspecified atom stereocenters. The number of nitrogens with one attached hydrogen (secondary N) is 1. The number of hydrogen-bond donors (Lipinski definition) is 2. The summed E-state index contributed by atoms with van der Waals surface area (Å²) in [5, 5.41) is 64.9. The molecule has 0 saturated carbocycles. The number of aromatic nitrogens is 16. The third kappa shape index (κ3) is 13.9. The van der Waals surface area contributed by atoms with Gasteiger partial charge in [-0.05, 0) is 126 Å². The number of fused-ring (bicyclic) bond motifs is 4. The molecular weight excluding hydrogens is 1410 g/mol. The highest BCUT2D eigenvalue weighted by atomic mass is 35.5. The number of carboxylic acid groups (broad SMARTS) is 1. The highest BCUT2D eigenvalue weighted by molar-refractivity contribution is 6.44. The number of aryl methyl sites for hydroxylation is 8. The molecule has 34 heteroatoms. The number of nitrogens with zero attached hydrogens (tertiary/aromatic N) is 17. The molecule has 8 aromatic heterocycles. The van der Waals surface area contributed by atoms with Crippen molar-refractivity contribution in [3.05, 3.63) is 181 Å². The third-order valence-electron chi connectivity index (χ3n) is 14.6. The normalized spacial score (nSPS) is 11.0. The molecular formula is C62H50Cl8N18O8. The lowest BCUT2D eigenvalue weighted by Gasteiger charge is -2.11. The fourth-order valence-electron chi connectivity index (χ4n) is 9.85. The summed E-state index contributed by atoms with van der Waals surface area (Å²) in [7, 11) is 6.01. The number of ketones is 2. The number of amides is 2. The highest BCUT2D eigenvalue weighted by Gasteiger charge is 2.28. The number of carbonyl (C=O) groups excluding carboxylic acids is 5. The molecule has 12 aromatic rings. The quantitative estimate of drug-likeness (QED) is 0.0730. The maximum absolute atomic E-state index is 12.2. The van der Waals surface area contributed by atoms with Crippen molar-refractivity contribution in [3.8, 4) is 44.5 Å². The lowest BCUT2D eigenvalue weighted by atomic mass is 10.1. The van der Waals surface area contributed by atoms with Gasteiger partial charge in [-0.15, -0.1) is 40.8 Å². The van der Waals surface area contributed by atoms with Crippen molar-refractivity contribution in [1.82, 2.24) is 89.5 Å². The van der Waals surface area contributed by atoms with Crippen LogP contribution in [-0.4, -0.2) is 153 Å². The van der Waals surface area contributed by atoms with Crippen LogP contribution in [-0.2, 0) is 14.3 Å². The zero-order valence-electron chi connectivity index (χ0n) is 52.4. The van der Waals surface area contributed by atoms with Gasteiger partial charge in [-0.3, -0.25) is 19.2 Å². The fourth-order valence-corrected chi connectivity index (χ4v) is 11.0. The van der Waals surface area contributed by atoms with Crippen molar-refractivity contribution >= 4 is 151 Å². The number of Topliss-reactive ketones (excluding diaryl/α,β-unsaturated/α-hetero) is 2. The second kappa shape index (κ2) is 28.9. The van der Waals surface area contributed by atoms with Crippen molar-refractivity contribution in [2.24, 2.45) is 0 Å². The van der Waals surface area contributed by atoms with E-state index in [4.69, 9.17) is 97.9 Å². The lowest BCUT2D eigenvalue weighted by Crippen LogP contribution is -2.25. The van der Waals surface area contributed by atoms with Gasteiger partial charge >= 0.3 is 11.9 Å². The number of carboxylic acids is 1. The molecule has 0 aliphatic heterocycles. The fraction of sp³-hybridized carbons (Fsp3) is 0.194. The molecule has 0 spiro atoms. The van der Waals surface area contributed by atoms with E-state index in [0.717, 1.165) is 51.9 Å². The van der Waals surface area contributed by atoms with Crippen LogP contribution in [0, 0.1) is 55.4 Å². The van der Waals surface area contributed by atoms with Gasteiger partial charge in [0.25, 0.3) is 23.4 Å². The summed E-state index contributed by atoms with van der Waals surface area (Å²) in [5.41, 5.74) is 13.1. The largest absolute Gasteiger partial charge is 0.475 e. The van der Waals surface area contributed by atoms with Crippen LogP contribution in [0.15, 0.2) is 72.8 Å². The number of ether oxygens (including phenoxy) is 1. The molecule has 96 heavy (non-hydrogen) atoms. The van der Waals surface area contributed by atoms with Gasteiger partial charge in [-0.25, -0.2) is 27.7 Å². The Kier molecular flexibility index (Phi) is 21.4. The Morgan fingerprint density at radius 1 is 0.406 bits per heavy atom. The second-order valence-electron chi connectivity index (χ2n) is 21.1. The first-order valence-electron chi connectivity index (χ1n) is 28.0. The highest BCUT2D eigenvalue weighted by Crippen LogP contribution is 2.37. The maximum Gasteiger partial charge on any atom is 0.381 e. The molecule has 0 radical (unpaired) electrons. The predicted octanol–water partition coefficient (Wildman–Crippen LogP) is 12.5. The second-order valence-corrected chi connectivity index (χ2v) is 24.3. The molecule has 0 atom stereocenters. The summed E-state index contributed by atoms with van der Waals surface area (Å²) in [6.07, 6.45) is 0. The Balaban J connectivity index is 0.000000150. The van der Waals surface area contributed by atoms with Crippen LogP contribution >= 0.6 is 92.8 Å². The van der Waals surface area contributed by atoms with Crippen molar-refractivity contribution in [2.75, 3.05) is 28.3 Å². The summed E-state index contributed by atoms with van der Waals surface area (Å²) in [5.74, 6) is -5.14. The monoisotopic (exact) mass is 1450 g/mol. The maximum atomic E-state index is 12.2. The summed E-state index contributed by atoms with van der Waals surface area (Å²) in [6.45, 7) is 14.1. The smallest absolute Gasteiger partial charge is 0.381 e. The number of carbonyl (C=O) groups is 6. The van der Waals surface area contributed by atoms with E-state index in [1.54, 1.807) is 132 Å². The molecule has 0 aliphatic carbocycles. The predicted molar refractivity (Wildman–Crippen MR) is 363 cm³/mol. The van der Waals surface area contributed by atoms with Gasteiger partial charge in [0.05, 0.1) is 115 Å². The molecule has 492 valence electrons. The Labute approximate surface area is 584 Å². The van der Waals surface area contributed by atoms with Crippen LogP contribution in [0.25, 0.3) is 67.1 Å². The van der Waals surface area contributed by atoms with Gasteiger partial charge in [0.15, 0.2) is 45.4 Å². The number of esters is 1. The molecule has 2 N–H and O–H groups in total. The summed E-state index contributed by atoms with van der Waals surface area (Å²) < 4.78 is 10.6. The van der Waals surface area contributed by atoms with E-state index in [9.17, 15) is 28.8 Å². The standard InChI is InChI=1S/C16H15Cl2N5O.C16H12Cl2N4O3.C15H13Cl2N5O.C15H10Cl2N4O3/c1-8-13(10-5-6-11(17)12(18)7-10)15-20-19-14(16(24)22(3)4)9(2)23(15)21-8;1-7-12(9-4-5-10(17)11(18)6-9)15-20-19-13(8(2)22(15)21-7)14(23)16(24)25-3;1-7-12(9-4-5-10(16)11(17)6-9)14-20-19-13(15(23)18-3)8(2)22(14)21-7;1-6-11(8-3-4-9(16)10(17)5-8)14-19-18-12(13(22)15(23)24)7(2)21(14)20-6/h5-7H,1-4H3;4-6H,1-3H3;4-6H,1-3H3,(H,18,23);3-5H,1-2H3,(H,23,24). The Morgan fingerprint density at radius 3 is 0.948 bits per heavy atom. The molecule has 2 amide bonds. The first kappa shape index (κ1) is 70.9. The van der Waals surface area contributed by atoms with E-state index in [1.165, 1.54) is 13.9 Å². The molecule has 0 aliphatic rings. The number of benzene rings is 4. The van der Waals surface area contributed by atoms with E-state index in [2.05, 4.69) is 71.2 Å². The first-order valence-corrected chi connectivity index (χ1v) is 31.0. The Bertz CT molecular complexity index is 5220. The van der Waals surface area contributed by atoms with E-state index in [1.807, 2.05) is 26.0 Å². The van der Waals surface area contributed by atoms with E-state index >= 15 is 0 Å². The van der Waals surface area contributed by atoms with Crippen LogP contribution in [0.5, 0.6) is 0 Å². The minimum atomic E-state index is -1.60. The van der Waals surface area contributed by atoms with Crippen molar-refractivity contribution in [1.29, 1.82) is 0 Å². The Morgan fingerprint density at radius 2 is 0.677 bits per heavy atom. The minimum Gasteiger partial charge on any atom is -0.475 e. The van der Waals surface area contributed by atoms with E-state index in [0.29, 0.717) is 108 Å². The van der Waals surface area contributed by atoms with Gasteiger partial charge in [-0.1, -0.05) is 117 Å². The average molecular weight is 1460 g/mol. The molecule has 4 aromatic carbocycles. The molecule has 0 bridgehead atoms. The minimum absolute atomic E-state index is 0.109. The molecule has 0 fully saturated rings.